The average molecular weight is 438 g/mol. The minimum atomic E-state index is -1.16. The van der Waals surface area contributed by atoms with Crippen molar-refractivity contribution in [1.82, 2.24) is 0 Å². The average Bonchev–Trinajstić information content (AvgIpc) is 2.81. The van der Waals surface area contributed by atoms with Crippen molar-refractivity contribution in [2.75, 3.05) is 12.4 Å². The summed E-state index contributed by atoms with van der Waals surface area (Å²) in [6.45, 7) is 2.26. The fourth-order valence-corrected chi connectivity index (χ4v) is 3.87. The number of hydrogen-bond donors (Lipinski definition) is 1. The fraction of sp³-hybridized carbons (Fsp3) is 0.500. The van der Waals surface area contributed by atoms with E-state index in [1.807, 2.05) is 30.3 Å². The molecule has 0 radical (unpaired) electrons. The summed E-state index contributed by atoms with van der Waals surface area (Å²) in [5.74, 6) is -0.787. The van der Waals surface area contributed by atoms with Crippen molar-refractivity contribution >= 4 is 17.4 Å². The van der Waals surface area contributed by atoms with E-state index in [2.05, 4.69) is 12.2 Å². The van der Waals surface area contributed by atoms with Gasteiger partial charge in [0.05, 0.1) is 0 Å². The van der Waals surface area contributed by atoms with E-state index in [1.54, 1.807) is 24.3 Å². The maximum absolute atomic E-state index is 12.8. The van der Waals surface area contributed by atoms with Crippen molar-refractivity contribution in [3.05, 3.63) is 65.7 Å². The number of Topliss-reactive ketones (excluding diaryl/α,β-unsaturated/α-hetero) is 1. The van der Waals surface area contributed by atoms with E-state index in [4.69, 9.17) is 4.74 Å². The van der Waals surface area contributed by atoms with Gasteiger partial charge in [-0.05, 0) is 30.5 Å². The summed E-state index contributed by atoms with van der Waals surface area (Å²) in [5, 5.41) is 2.73. The van der Waals surface area contributed by atoms with E-state index in [0.717, 1.165) is 6.42 Å². The largest absolute Gasteiger partial charge is 0.364 e. The van der Waals surface area contributed by atoms with E-state index >= 15 is 0 Å². The lowest BCUT2D eigenvalue weighted by atomic mass is 10.0. The normalized spacial score (nSPS) is 11.8. The second kappa shape index (κ2) is 15.4. The van der Waals surface area contributed by atoms with Gasteiger partial charge in [-0.15, -0.1) is 0 Å². The first-order valence-corrected chi connectivity index (χ1v) is 12.2. The zero-order chi connectivity index (χ0) is 23.0. The smallest absolute Gasteiger partial charge is 0.261 e. The molecule has 2 rings (SSSR count). The predicted molar refractivity (Wildman–Crippen MR) is 132 cm³/mol. The molecular weight excluding hydrogens is 398 g/mol. The minimum absolute atomic E-state index is 0.327. The highest BCUT2D eigenvalue weighted by Gasteiger charge is 2.27. The number of anilines is 1. The van der Waals surface area contributed by atoms with Gasteiger partial charge in [-0.25, -0.2) is 0 Å². The number of rotatable bonds is 16. The first-order chi connectivity index (χ1) is 15.7. The molecule has 1 unspecified atom stereocenters. The van der Waals surface area contributed by atoms with Crippen molar-refractivity contribution in [2.24, 2.45) is 0 Å². The summed E-state index contributed by atoms with van der Waals surface area (Å²) >= 11 is 0. The molecule has 32 heavy (non-hydrogen) atoms. The zero-order valence-corrected chi connectivity index (χ0v) is 19.8. The SMILES string of the molecule is CCCCCCCCCCCCc1ccc(C(=O)C(OC)C(=O)Nc2ccccc2)cc1. The molecule has 0 aromatic heterocycles. The van der Waals surface area contributed by atoms with Crippen molar-refractivity contribution in [2.45, 2.75) is 83.7 Å². The number of benzene rings is 2. The maximum atomic E-state index is 12.8. The molecule has 2 aromatic carbocycles. The number of amides is 1. The van der Waals surface area contributed by atoms with Crippen LogP contribution in [0.2, 0.25) is 0 Å². The number of unbranched alkanes of at least 4 members (excludes halogenated alkanes) is 9. The van der Waals surface area contributed by atoms with Crippen LogP contribution in [-0.4, -0.2) is 24.9 Å². The Morgan fingerprint density at radius 2 is 1.34 bits per heavy atom. The summed E-state index contributed by atoms with van der Waals surface area (Å²) in [7, 11) is 1.38. The van der Waals surface area contributed by atoms with Gasteiger partial charge in [0, 0.05) is 18.4 Å². The van der Waals surface area contributed by atoms with Gasteiger partial charge in [-0.2, -0.15) is 0 Å². The van der Waals surface area contributed by atoms with Crippen LogP contribution < -0.4 is 5.32 Å². The number of nitrogens with one attached hydrogen (secondary N) is 1. The van der Waals surface area contributed by atoms with E-state index in [0.29, 0.717) is 11.3 Å². The van der Waals surface area contributed by atoms with Gasteiger partial charge in [0.25, 0.3) is 5.91 Å². The number of para-hydroxylation sites is 1. The summed E-state index contributed by atoms with van der Waals surface area (Å²) in [6.07, 6.45) is 13.1. The third-order valence-corrected chi connectivity index (χ3v) is 5.81. The first kappa shape index (κ1) is 25.8. The highest BCUT2D eigenvalue weighted by Crippen LogP contribution is 2.15. The predicted octanol–water partition coefficient (Wildman–Crippen LogP) is 6.99. The van der Waals surface area contributed by atoms with Crippen LogP contribution in [0, 0.1) is 0 Å². The molecule has 4 heteroatoms. The monoisotopic (exact) mass is 437 g/mol. The van der Waals surface area contributed by atoms with Gasteiger partial charge < -0.3 is 10.1 Å². The summed E-state index contributed by atoms with van der Waals surface area (Å²) in [4.78, 5) is 25.3. The van der Waals surface area contributed by atoms with Crippen LogP contribution in [-0.2, 0) is 16.0 Å². The van der Waals surface area contributed by atoms with Crippen LogP contribution in [0.3, 0.4) is 0 Å². The van der Waals surface area contributed by atoms with Crippen LogP contribution in [0.5, 0.6) is 0 Å². The number of carbonyl (C=O) groups excluding carboxylic acids is 2. The van der Waals surface area contributed by atoms with Crippen LogP contribution in [0.1, 0.15) is 87.1 Å². The summed E-state index contributed by atoms with van der Waals surface area (Å²) in [5.41, 5.74) is 2.36. The summed E-state index contributed by atoms with van der Waals surface area (Å²) < 4.78 is 5.21. The number of carbonyl (C=O) groups is 2. The van der Waals surface area contributed by atoms with Gasteiger partial charge >= 0.3 is 0 Å². The van der Waals surface area contributed by atoms with E-state index in [9.17, 15) is 9.59 Å². The molecule has 0 fully saturated rings. The molecular formula is C28H39NO3. The lowest BCUT2D eigenvalue weighted by Gasteiger charge is -2.14. The Kier molecular flexibility index (Phi) is 12.4. The number of methoxy groups -OCH3 is 1. The molecule has 2 aromatic rings. The third-order valence-electron chi connectivity index (χ3n) is 5.81. The molecule has 1 atom stereocenters. The molecule has 174 valence electrons. The van der Waals surface area contributed by atoms with Gasteiger partial charge in [0.1, 0.15) is 0 Å². The number of ether oxygens (including phenoxy) is 1. The molecule has 0 saturated heterocycles. The molecule has 0 aliphatic carbocycles. The van der Waals surface area contributed by atoms with Crippen LogP contribution in [0.15, 0.2) is 54.6 Å². The van der Waals surface area contributed by atoms with Gasteiger partial charge in [0.15, 0.2) is 6.10 Å². The molecule has 1 amide bonds. The van der Waals surface area contributed by atoms with Crippen LogP contribution >= 0.6 is 0 Å². The minimum Gasteiger partial charge on any atom is -0.364 e. The third kappa shape index (κ3) is 9.35. The Bertz CT molecular complexity index is 786. The summed E-state index contributed by atoms with van der Waals surface area (Å²) in [6, 6.07) is 16.6. The molecule has 0 heterocycles. The van der Waals surface area contributed by atoms with Gasteiger partial charge in [-0.3, -0.25) is 9.59 Å². The Labute approximate surface area is 193 Å². The fourth-order valence-electron chi connectivity index (χ4n) is 3.87. The number of hydrogen-bond acceptors (Lipinski definition) is 3. The van der Waals surface area contributed by atoms with E-state index in [-0.39, 0.29) is 5.78 Å². The maximum Gasteiger partial charge on any atom is 0.261 e. The molecule has 1 N–H and O–H groups in total. The van der Waals surface area contributed by atoms with Crippen molar-refractivity contribution in [3.8, 4) is 0 Å². The van der Waals surface area contributed by atoms with Crippen LogP contribution in [0.4, 0.5) is 5.69 Å². The van der Waals surface area contributed by atoms with E-state index < -0.39 is 12.0 Å². The molecule has 0 bridgehead atoms. The number of ketones is 1. The van der Waals surface area contributed by atoms with Gasteiger partial charge in [-0.1, -0.05) is 107 Å². The second-order valence-corrected chi connectivity index (χ2v) is 8.46. The Hall–Kier alpha value is -2.46. The molecule has 0 aliphatic heterocycles. The highest BCUT2D eigenvalue weighted by molar-refractivity contribution is 6.16. The van der Waals surface area contributed by atoms with Gasteiger partial charge in [0.2, 0.25) is 5.78 Å². The van der Waals surface area contributed by atoms with E-state index in [1.165, 1.54) is 76.9 Å². The lowest BCUT2D eigenvalue weighted by molar-refractivity contribution is -0.123. The lowest BCUT2D eigenvalue weighted by Crippen LogP contribution is -2.36. The van der Waals surface area contributed by atoms with Crippen molar-refractivity contribution in [1.29, 1.82) is 0 Å². The van der Waals surface area contributed by atoms with Crippen molar-refractivity contribution < 1.29 is 14.3 Å². The number of aryl methyl sites for hydroxylation is 1. The van der Waals surface area contributed by atoms with Crippen LogP contribution in [0.25, 0.3) is 0 Å². The Balaban J connectivity index is 1.71. The molecule has 0 spiro atoms. The molecule has 0 aliphatic rings. The zero-order valence-electron chi connectivity index (χ0n) is 19.8. The molecule has 4 nitrogen and oxygen atoms in total. The molecule has 0 saturated carbocycles. The Morgan fingerprint density at radius 3 is 1.91 bits per heavy atom. The van der Waals surface area contributed by atoms with Crippen molar-refractivity contribution in [3.63, 3.8) is 0 Å². The first-order valence-electron chi connectivity index (χ1n) is 12.2. The Morgan fingerprint density at radius 1 is 0.781 bits per heavy atom. The second-order valence-electron chi connectivity index (χ2n) is 8.46. The quantitative estimate of drug-likeness (QED) is 0.175. The standard InChI is InChI=1S/C28H39NO3/c1-3-4-5-6-7-8-9-10-11-13-16-23-19-21-24(22-20-23)26(30)27(32-2)28(31)29-25-17-14-12-15-18-25/h12,14-15,17-22,27H,3-11,13,16H2,1-2H3,(H,29,31). The highest BCUT2D eigenvalue weighted by atomic mass is 16.5. The topological polar surface area (TPSA) is 55.4 Å².